The smallest absolute Gasteiger partial charge is 0.145 e. The van der Waals surface area contributed by atoms with Crippen LogP contribution in [-0.2, 0) is 0 Å². The summed E-state index contributed by atoms with van der Waals surface area (Å²) in [5, 5.41) is 6.73. The number of nitrogen functional groups attached to an aromatic ring is 1. The summed E-state index contributed by atoms with van der Waals surface area (Å²) in [4.78, 5) is 0. The number of aromatic nitrogens is 2. The number of rotatable bonds is 1. The normalized spacial score (nSPS) is 9.73. The molecule has 3 nitrogen and oxygen atoms in total. The lowest BCUT2D eigenvalue weighted by Crippen LogP contribution is -1.81. The van der Waals surface area contributed by atoms with Crippen LogP contribution in [0.4, 0.5) is 5.82 Å². The highest BCUT2D eigenvalue weighted by Gasteiger charge is 2.03. The lowest BCUT2D eigenvalue weighted by molar-refractivity contribution is 1.10. The molecular weight excluding hydrogens is 345 g/mol. The Morgan fingerprint density at radius 1 is 1.07 bits per heavy atom. The van der Waals surface area contributed by atoms with Crippen LogP contribution < -0.4 is 5.73 Å². The monoisotopic (exact) mass is 351 g/mol. The van der Waals surface area contributed by atoms with Crippen molar-refractivity contribution in [2.45, 2.75) is 0 Å². The molecule has 0 spiro atoms. The Morgan fingerprint density at radius 2 is 1.67 bits per heavy atom. The quantitative estimate of drug-likeness (QED) is 0.823. The zero-order chi connectivity index (χ0) is 10.1. The highest BCUT2D eigenvalue weighted by molar-refractivity contribution is 9.11. The van der Waals surface area contributed by atoms with Crippen LogP contribution in [0.2, 0.25) is 0 Å². The molecule has 0 aliphatic rings. The van der Waals surface area contributed by atoms with E-state index < -0.39 is 0 Å². The van der Waals surface area contributed by atoms with Gasteiger partial charge < -0.3 is 5.73 Å². The van der Waals surface area contributed by atoms with Crippen LogP contribution in [0.15, 0.2) is 33.2 Å². The summed E-state index contributed by atoms with van der Waals surface area (Å²) < 4.78 is 2.02. The molecule has 0 aliphatic carbocycles. The zero-order valence-electron chi connectivity index (χ0n) is 7.50. The van der Waals surface area contributed by atoms with Crippen LogP contribution in [0.1, 0.15) is 0 Å². The number of H-pyrrole nitrogens is 1. The average Bonchev–Trinajstić information content (AvgIpc) is 2.50. The Morgan fingerprint density at radius 3 is 2.13 bits per heavy atom. The van der Waals surface area contributed by atoms with Crippen molar-refractivity contribution < 1.29 is 0 Å². The number of hydrogen-bond acceptors (Lipinski definition) is 2. The summed E-state index contributed by atoms with van der Waals surface area (Å²) in [7, 11) is 0. The van der Waals surface area contributed by atoms with Gasteiger partial charge >= 0.3 is 0 Å². The number of halogens is 3. The van der Waals surface area contributed by atoms with Crippen LogP contribution >= 0.6 is 44.3 Å². The summed E-state index contributed by atoms with van der Waals surface area (Å²) in [5.41, 5.74) is 7.47. The fraction of sp³-hybridized carbons (Fsp3) is 0. The van der Waals surface area contributed by atoms with Gasteiger partial charge in [0.05, 0.1) is 5.69 Å². The van der Waals surface area contributed by atoms with Crippen LogP contribution in [0, 0.1) is 0 Å². The fourth-order valence-corrected chi connectivity index (χ4v) is 2.49. The molecule has 1 aromatic heterocycles. The first-order chi connectivity index (χ1) is 6.65. The maximum absolute atomic E-state index is 5.53. The molecule has 2 rings (SSSR count). The number of hydrogen-bond donors (Lipinski definition) is 2. The molecule has 0 aliphatic heterocycles. The first-order valence-electron chi connectivity index (χ1n) is 3.92. The van der Waals surface area contributed by atoms with Crippen molar-refractivity contribution in [1.82, 2.24) is 10.2 Å². The first kappa shape index (κ1) is 12.5. The molecule has 0 unspecified atom stereocenters. The van der Waals surface area contributed by atoms with Gasteiger partial charge in [-0.2, -0.15) is 5.10 Å². The summed E-state index contributed by atoms with van der Waals surface area (Å²) in [6.45, 7) is 0. The third-order valence-electron chi connectivity index (χ3n) is 1.77. The van der Waals surface area contributed by atoms with Crippen LogP contribution in [-0.4, -0.2) is 10.2 Å². The largest absolute Gasteiger partial charge is 0.382 e. The van der Waals surface area contributed by atoms with E-state index in [-0.39, 0.29) is 12.4 Å². The molecule has 6 heteroatoms. The maximum atomic E-state index is 5.53. The molecule has 0 radical (unpaired) electrons. The van der Waals surface area contributed by atoms with E-state index in [1.807, 2.05) is 18.2 Å². The lowest BCUT2D eigenvalue weighted by atomic mass is 10.2. The standard InChI is InChI=1S/C9H7Br2N3.ClH/c10-6-1-5(2-7(11)3-6)8-4-9(12)14-13-8;/h1-4H,(H3,12,13,14);1H. The Bertz CT molecular complexity index is 450. The van der Waals surface area contributed by atoms with Crippen molar-refractivity contribution in [3.05, 3.63) is 33.2 Å². The van der Waals surface area contributed by atoms with E-state index in [0.29, 0.717) is 5.82 Å². The minimum Gasteiger partial charge on any atom is -0.382 e. The molecule has 0 fully saturated rings. The van der Waals surface area contributed by atoms with Gasteiger partial charge in [-0.25, -0.2) is 0 Å². The Hall–Kier alpha value is -0.520. The second kappa shape index (κ2) is 5.01. The Kier molecular flexibility index (Phi) is 4.19. The summed E-state index contributed by atoms with van der Waals surface area (Å²) in [6.07, 6.45) is 0. The second-order valence-electron chi connectivity index (χ2n) is 2.86. The molecule has 0 amide bonds. The Balaban J connectivity index is 0.00000112. The molecule has 1 heterocycles. The van der Waals surface area contributed by atoms with E-state index in [2.05, 4.69) is 42.1 Å². The number of nitrogens with zero attached hydrogens (tertiary/aromatic N) is 1. The lowest BCUT2D eigenvalue weighted by Gasteiger charge is -1.99. The van der Waals surface area contributed by atoms with Gasteiger partial charge in [-0.3, -0.25) is 5.10 Å². The zero-order valence-corrected chi connectivity index (χ0v) is 11.5. The first-order valence-corrected chi connectivity index (χ1v) is 5.51. The van der Waals surface area contributed by atoms with Crippen molar-refractivity contribution in [3.63, 3.8) is 0 Å². The molecule has 3 N–H and O–H groups in total. The minimum atomic E-state index is 0. The summed E-state index contributed by atoms with van der Waals surface area (Å²) in [5.74, 6) is 0.496. The van der Waals surface area contributed by atoms with Crippen molar-refractivity contribution in [3.8, 4) is 11.3 Å². The highest BCUT2D eigenvalue weighted by Crippen LogP contribution is 2.26. The van der Waals surface area contributed by atoms with Gasteiger partial charge in [-0.05, 0) is 18.2 Å². The minimum absolute atomic E-state index is 0. The van der Waals surface area contributed by atoms with Gasteiger partial charge in [0.1, 0.15) is 5.82 Å². The Labute approximate surface area is 110 Å². The molecular formula is C9H8Br2ClN3. The van der Waals surface area contributed by atoms with Gasteiger partial charge in [-0.1, -0.05) is 31.9 Å². The summed E-state index contributed by atoms with van der Waals surface area (Å²) in [6, 6.07) is 7.77. The van der Waals surface area contributed by atoms with E-state index in [4.69, 9.17) is 5.73 Å². The fourth-order valence-electron chi connectivity index (χ4n) is 1.19. The summed E-state index contributed by atoms with van der Waals surface area (Å²) >= 11 is 6.84. The van der Waals surface area contributed by atoms with Gasteiger partial charge in [-0.15, -0.1) is 12.4 Å². The van der Waals surface area contributed by atoms with Gasteiger partial charge in [0.15, 0.2) is 0 Å². The third kappa shape index (κ3) is 2.96. The molecule has 0 saturated carbocycles. The van der Waals surface area contributed by atoms with Crippen molar-refractivity contribution >= 4 is 50.1 Å². The van der Waals surface area contributed by atoms with Crippen molar-refractivity contribution in [2.75, 3.05) is 5.73 Å². The molecule has 0 saturated heterocycles. The van der Waals surface area contributed by atoms with E-state index in [0.717, 1.165) is 20.2 Å². The maximum Gasteiger partial charge on any atom is 0.145 e. The highest BCUT2D eigenvalue weighted by atomic mass is 79.9. The number of nitrogens with one attached hydrogen (secondary N) is 1. The molecule has 1 aromatic carbocycles. The predicted octanol–water partition coefficient (Wildman–Crippen LogP) is 3.61. The third-order valence-corrected chi connectivity index (χ3v) is 2.69. The number of aromatic amines is 1. The number of nitrogens with two attached hydrogens (primary N) is 1. The molecule has 0 bridgehead atoms. The van der Waals surface area contributed by atoms with Gasteiger partial charge in [0.2, 0.25) is 0 Å². The SMILES string of the molecule is Cl.Nc1cc(-c2cc(Br)cc(Br)c2)[nH]n1. The van der Waals surface area contributed by atoms with E-state index in [1.54, 1.807) is 6.07 Å². The van der Waals surface area contributed by atoms with Crippen LogP contribution in [0.3, 0.4) is 0 Å². The van der Waals surface area contributed by atoms with Crippen molar-refractivity contribution in [1.29, 1.82) is 0 Å². The number of anilines is 1. The molecule has 15 heavy (non-hydrogen) atoms. The van der Waals surface area contributed by atoms with E-state index in [1.165, 1.54) is 0 Å². The van der Waals surface area contributed by atoms with Gasteiger partial charge in [0, 0.05) is 20.6 Å². The van der Waals surface area contributed by atoms with Crippen LogP contribution in [0.5, 0.6) is 0 Å². The van der Waals surface area contributed by atoms with Gasteiger partial charge in [0.25, 0.3) is 0 Å². The van der Waals surface area contributed by atoms with E-state index >= 15 is 0 Å². The molecule has 0 atom stereocenters. The predicted molar refractivity (Wildman–Crippen MR) is 71.1 cm³/mol. The van der Waals surface area contributed by atoms with Crippen LogP contribution in [0.25, 0.3) is 11.3 Å². The topological polar surface area (TPSA) is 54.7 Å². The molecule has 2 aromatic rings. The number of benzene rings is 1. The average molecular weight is 353 g/mol. The molecule has 80 valence electrons. The second-order valence-corrected chi connectivity index (χ2v) is 4.70. The van der Waals surface area contributed by atoms with Crippen molar-refractivity contribution in [2.24, 2.45) is 0 Å². The van der Waals surface area contributed by atoms with E-state index in [9.17, 15) is 0 Å².